The lowest BCUT2D eigenvalue weighted by Crippen LogP contribution is -2.30. The summed E-state index contributed by atoms with van der Waals surface area (Å²) in [4.78, 5) is 15.4. The molecule has 0 bridgehead atoms. The summed E-state index contributed by atoms with van der Waals surface area (Å²) < 4.78 is 25.4. The van der Waals surface area contributed by atoms with Crippen LogP contribution in [0.3, 0.4) is 0 Å². The van der Waals surface area contributed by atoms with E-state index in [1.54, 1.807) is 19.2 Å². The quantitative estimate of drug-likeness (QED) is 0.338. The zero-order valence-corrected chi connectivity index (χ0v) is 22.5. The molecule has 38 heavy (non-hydrogen) atoms. The molecule has 2 aliphatic rings. The van der Waals surface area contributed by atoms with Crippen LogP contribution < -0.4 is 14.8 Å². The van der Waals surface area contributed by atoms with Crippen LogP contribution >= 0.6 is 0 Å². The number of nitrogens with one attached hydrogen (secondary N) is 1. The number of amides is 1. The van der Waals surface area contributed by atoms with E-state index >= 15 is 0 Å². The fourth-order valence-corrected chi connectivity index (χ4v) is 6.41. The third-order valence-electron chi connectivity index (χ3n) is 8.07. The van der Waals surface area contributed by atoms with Crippen LogP contribution in [0.1, 0.15) is 43.7 Å². The van der Waals surface area contributed by atoms with E-state index in [9.17, 15) is 9.18 Å². The highest BCUT2D eigenvalue weighted by Crippen LogP contribution is 2.45. The number of ether oxygens (including phenoxy) is 2. The average molecular weight is 517 g/mol. The van der Waals surface area contributed by atoms with Gasteiger partial charge in [-0.05, 0) is 105 Å². The molecule has 5 nitrogen and oxygen atoms in total. The number of hydrogen-bond donors (Lipinski definition) is 1. The van der Waals surface area contributed by atoms with E-state index < -0.39 is 0 Å². The van der Waals surface area contributed by atoms with E-state index in [-0.39, 0.29) is 11.7 Å². The third-order valence-corrected chi connectivity index (χ3v) is 8.07. The second-order valence-electron chi connectivity index (χ2n) is 10.6. The van der Waals surface area contributed by atoms with Gasteiger partial charge >= 0.3 is 0 Å². The van der Waals surface area contributed by atoms with Gasteiger partial charge in [0.15, 0.2) is 0 Å². The molecule has 1 aliphatic heterocycles. The molecule has 5 rings (SSSR count). The van der Waals surface area contributed by atoms with E-state index in [0.717, 1.165) is 71.8 Å². The first-order chi connectivity index (χ1) is 18.4. The molecule has 3 aromatic carbocycles. The molecule has 0 spiro atoms. The van der Waals surface area contributed by atoms with E-state index in [2.05, 4.69) is 22.3 Å². The molecule has 200 valence electrons. The summed E-state index contributed by atoms with van der Waals surface area (Å²) in [5.74, 6) is 2.29. The summed E-state index contributed by atoms with van der Waals surface area (Å²) in [6.45, 7) is 6.36. The Morgan fingerprint density at radius 1 is 1.05 bits per heavy atom. The second kappa shape index (κ2) is 11.6. The van der Waals surface area contributed by atoms with Crippen molar-refractivity contribution in [3.8, 4) is 22.6 Å². The molecule has 0 aromatic heterocycles. The number of likely N-dealkylation sites (tertiary alicyclic amines) is 1. The number of carbonyl (C=O) groups is 1. The van der Waals surface area contributed by atoms with Crippen molar-refractivity contribution in [2.24, 2.45) is 11.8 Å². The fourth-order valence-electron chi connectivity index (χ4n) is 6.41. The van der Waals surface area contributed by atoms with Crippen LogP contribution in [0.15, 0.2) is 60.7 Å². The van der Waals surface area contributed by atoms with Crippen LogP contribution in [0.5, 0.6) is 11.5 Å². The van der Waals surface area contributed by atoms with Gasteiger partial charge in [-0.25, -0.2) is 4.39 Å². The number of methoxy groups -OCH3 is 1. The molecule has 3 atom stereocenters. The Bertz CT molecular complexity index is 1280. The van der Waals surface area contributed by atoms with Crippen molar-refractivity contribution < 1.29 is 18.7 Å². The predicted octanol–water partition coefficient (Wildman–Crippen LogP) is 6.84. The maximum Gasteiger partial charge on any atom is 0.224 e. The number of aryl methyl sites for hydroxylation is 1. The van der Waals surface area contributed by atoms with Gasteiger partial charge in [-0.2, -0.15) is 0 Å². The van der Waals surface area contributed by atoms with Crippen LogP contribution in [-0.4, -0.2) is 37.1 Å². The van der Waals surface area contributed by atoms with Gasteiger partial charge in [0.05, 0.1) is 19.3 Å². The maximum absolute atomic E-state index is 13.6. The Labute approximate surface area is 225 Å². The smallest absolute Gasteiger partial charge is 0.224 e. The van der Waals surface area contributed by atoms with Gasteiger partial charge in [-0.1, -0.05) is 24.3 Å². The van der Waals surface area contributed by atoms with Gasteiger partial charge in [-0.15, -0.1) is 0 Å². The second-order valence-corrected chi connectivity index (χ2v) is 10.6. The molecule has 6 heteroatoms. The largest absolute Gasteiger partial charge is 0.496 e. The molecule has 1 amide bonds. The van der Waals surface area contributed by atoms with Crippen molar-refractivity contribution in [3.63, 3.8) is 0 Å². The standard InChI is InChI=1S/C32H37FN2O3/c1-4-38-30-18-22(17-29(37-3)32(30)23-8-11-25(33)12-9-23)20-35-15-14-27-24(10-13-28(27)35)19-31(36)34-26-7-5-6-21(2)16-26/h5-9,11-12,16-18,24,27-28H,4,10,13-15,19-20H2,1-3H3,(H,34,36)/t24?,27-,28+/m0/s1. The number of rotatable bonds is 9. The first-order valence-corrected chi connectivity index (χ1v) is 13.7. The molecule has 0 radical (unpaired) electrons. The summed E-state index contributed by atoms with van der Waals surface area (Å²) in [6.07, 6.45) is 3.91. The highest BCUT2D eigenvalue weighted by Gasteiger charge is 2.44. The summed E-state index contributed by atoms with van der Waals surface area (Å²) in [7, 11) is 1.66. The van der Waals surface area contributed by atoms with Crippen molar-refractivity contribution in [2.45, 2.75) is 52.1 Å². The summed E-state index contributed by atoms with van der Waals surface area (Å²) >= 11 is 0. The zero-order chi connectivity index (χ0) is 26.6. The number of halogens is 1. The first kappa shape index (κ1) is 26.2. The number of anilines is 1. The zero-order valence-electron chi connectivity index (χ0n) is 22.5. The summed E-state index contributed by atoms with van der Waals surface area (Å²) in [5.41, 5.74) is 4.86. The van der Waals surface area contributed by atoms with Gasteiger partial charge in [0.25, 0.3) is 0 Å². The number of nitrogens with zero attached hydrogens (tertiary/aromatic N) is 1. The number of carbonyl (C=O) groups excluding carboxylic acids is 1. The first-order valence-electron chi connectivity index (χ1n) is 13.7. The van der Waals surface area contributed by atoms with Crippen LogP contribution in [0, 0.1) is 24.6 Å². The SMILES string of the molecule is CCOc1cc(CN2CC[C@H]3C(CC(=O)Nc4cccc(C)c4)CC[C@H]32)cc(OC)c1-c1ccc(F)cc1. The lowest BCUT2D eigenvalue weighted by molar-refractivity contribution is -0.117. The molecule has 3 aromatic rings. The molecular weight excluding hydrogens is 479 g/mol. The van der Waals surface area contributed by atoms with Crippen LogP contribution in [0.4, 0.5) is 10.1 Å². The molecular formula is C32H37FN2O3. The van der Waals surface area contributed by atoms with Crippen molar-refractivity contribution in [2.75, 3.05) is 25.6 Å². The van der Waals surface area contributed by atoms with Gasteiger partial charge in [0.2, 0.25) is 5.91 Å². The van der Waals surface area contributed by atoms with Crippen molar-refractivity contribution in [1.82, 2.24) is 4.90 Å². The van der Waals surface area contributed by atoms with Gasteiger partial charge in [0, 0.05) is 24.7 Å². The minimum atomic E-state index is -0.270. The number of fused-ring (bicyclic) bond motifs is 1. The van der Waals surface area contributed by atoms with Crippen molar-refractivity contribution in [1.29, 1.82) is 0 Å². The van der Waals surface area contributed by atoms with E-state index in [4.69, 9.17) is 9.47 Å². The summed E-state index contributed by atoms with van der Waals surface area (Å²) in [5, 5.41) is 3.09. The Hall–Kier alpha value is -3.38. The lowest BCUT2D eigenvalue weighted by Gasteiger charge is -2.25. The minimum absolute atomic E-state index is 0.113. The minimum Gasteiger partial charge on any atom is -0.496 e. The van der Waals surface area contributed by atoms with E-state index in [1.807, 2.05) is 38.1 Å². The molecule has 1 heterocycles. The average Bonchev–Trinajstić information content (AvgIpc) is 3.48. The molecule has 1 unspecified atom stereocenters. The van der Waals surface area contributed by atoms with Gasteiger partial charge in [0.1, 0.15) is 17.3 Å². The summed E-state index contributed by atoms with van der Waals surface area (Å²) in [6, 6.07) is 19.1. The number of hydrogen-bond acceptors (Lipinski definition) is 4. The molecule has 2 fully saturated rings. The molecule has 1 saturated heterocycles. The molecule has 1 saturated carbocycles. The number of benzene rings is 3. The van der Waals surface area contributed by atoms with Gasteiger partial charge in [-0.3, -0.25) is 9.69 Å². The predicted molar refractivity (Wildman–Crippen MR) is 149 cm³/mol. The monoisotopic (exact) mass is 516 g/mol. The highest BCUT2D eigenvalue weighted by atomic mass is 19.1. The van der Waals surface area contributed by atoms with E-state index in [0.29, 0.717) is 30.9 Å². The molecule has 1 aliphatic carbocycles. The Balaban J connectivity index is 1.28. The normalized spacial score (nSPS) is 20.8. The van der Waals surface area contributed by atoms with Crippen LogP contribution in [0.25, 0.3) is 11.1 Å². The Kier molecular flexibility index (Phi) is 7.98. The molecule has 1 N–H and O–H groups in total. The Morgan fingerprint density at radius 3 is 2.58 bits per heavy atom. The third kappa shape index (κ3) is 5.70. The van der Waals surface area contributed by atoms with Crippen molar-refractivity contribution >= 4 is 11.6 Å². The fraction of sp³-hybridized carbons (Fsp3) is 0.406. The van der Waals surface area contributed by atoms with Crippen molar-refractivity contribution in [3.05, 3.63) is 77.6 Å². The topological polar surface area (TPSA) is 50.8 Å². The van der Waals surface area contributed by atoms with E-state index in [1.165, 1.54) is 12.1 Å². The Morgan fingerprint density at radius 2 is 1.84 bits per heavy atom. The maximum atomic E-state index is 13.6. The lowest BCUT2D eigenvalue weighted by atomic mass is 9.90. The highest BCUT2D eigenvalue weighted by molar-refractivity contribution is 5.91. The van der Waals surface area contributed by atoms with Crippen LogP contribution in [0.2, 0.25) is 0 Å². The van der Waals surface area contributed by atoms with Crippen LogP contribution in [-0.2, 0) is 11.3 Å². The van der Waals surface area contributed by atoms with Gasteiger partial charge < -0.3 is 14.8 Å².